The van der Waals surface area contributed by atoms with Gasteiger partial charge in [0.2, 0.25) is 0 Å². The first-order valence-corrected chi connectivity index (χ1v) is 4.05. The average Bonchev–Trinajstić information content (AvgIpc) is 2.58. The van der Waals surface area contributed by atoms with Crippen molar-refractivity contribution in [2.45, 2.75) is 0 Å². The number of benzene rings is 1. The molecule has 0 saturated carbocycles. The second kappa shape index (κ2) is 2.88. The molecule has 3 heteroatoms. The van der Waals surface area contributed by atoms with Crippen LogP contribution >= 0.6 is 12.2 Å². The summed E-state index contributed by atoms with van der Waals surface area (Å²) < 4.78 is 7.98. The highest BCUT2D eigenvalue weighted by molar-refractivity contribution is 7.93. The molecule has 1 aromatic carbocycles. The molecule has 1 heterocycles. The Bertz CT molecular complexity index is 271. The van der Waals surface area contributed by atoms with E-state index in [1.807, 2.05) is 30.3 Å². The number of rotatable bonds is 1. The lowest BCUT2D eigenvalue weighted by Gasteiger charge is -1.97. The zero-order chi connectivity index (χ0) is 7.52. The molecule has 0 saturated heterocycles. The Labute approximate surface area is 69.6 Å². The Morgan fingerprint density at radius 2 is 2.00 bits per heavy atom. The molecule has 0 aromatic heterocycles. The van der Waals surface area contributed by atoms with E-state index in [0.29, 0.717) is 0 Å². The van der Waals surface area contributed by atoms with Crippen molar-refractivity contribution < 1.29 is 4.18 Å². The SMILES string of the molecule is C1=C(c2ccccc2)NSO1. The summed E-state index contributed by atoms with van der Waals surface area (Å²) in [5.41, 5.74) is 2.17. The summed E-state index contributed by atoms with van der Waals surface area (Å²) in [6.07, 6.45) is 1.71. The van der Waals surface area contributed by atoms with Gasteiger partial charge in [0, 0.05) is 5.56 Å². The fourth-order valence-corrected chi connectivity index (χ4v) is 1.36. The van der Waals surface area contributed by atoms with Gasteiger partial charge in [0.25, 0.3) is 0 Å². The lowest BCUT2D eigenvalue weighted by atomic mass is 10.2. The van der Waals surface area contributed by atoms with Gasteiger partial charge in [-0.3, -0.25) is 4.72 Å². The van der Waals surface area contributed by atoms with Crippen molar-refractivity contribution >= 4 is 17.9 Å². The molecular weight excluding hydrogens is 158 g/mol. The van der Waals surface area contributed by atoms with E-state index in [1.165, 1.54) is 12.2 Å². The van der Waals surface area contributed by atoms with E-state index in [1.54, 1.807) is 6.26 Å². The quantitative estimate of drug-likeness (QED) is 0.509. The van der Waals surface area contributed by atoms with Crippen LogP contribution in [0.5, 0.6) is 0 Å². The lowest BCUT2D eigenvalue weighted by Crippen LogP contribution is -1.95. The van der Waals surface area contributed by atoms with Gasteiger partial charge in [0.1, 0.15) is 6.26 Å². The second-order valence-electron chi connectivity index (χ2n) is 2.18. The molecule has 11 heavy (non-hydrogen) atoms. The van der Waals surface area contributed by atoms with Crippen molar-refractivity contribution in [1.82, 2.24) is 4.72 Å². The van der Waals surface area contributed by atoms with Gasteiger partial charge in [-0.2, -0.15) is 0 Å². The smallest absolute Gasteiger partial charge is 0.176 e. The summed E-state index contributed by atoms with van der Waals surface area (Å²) >= 11 is 1.23. The van der Waals surface area contributed by atoms with E-state index in [9.17, 15) is 0 Å². The minimum absolute atomic E-state index is 1.02. The number of hydrogen-bond donors (Lipinski definition) is 1. The molecule has 1 N–H and O–H groups in total. The van der Waals surface area contributed by atoms with Crippen LogP contribution in [0.25, 0.3) is 5.70 Å². The molecule has 2 nitrogen and oxygen atoms in total. The highest BCUT2D eigenvalue weighted by Crippen LogP contribution is 2.20. The molecule has 0 unspecified atom stereocenters. The molecule has 0 atom stereocenters. The first kappa shape index (κ1) is 6.61. The molecule has 1 aliphatic heterocycles. The molecule has 0 bridgehead atoms. The Balaban J connectivity index is 2.29. The van der Waals surface area contributed by atoms with Gasteiger partial charge in [-0.1, -0.05) is 30.3 Å². The monoisotopic (exact) mass is 165 g/mol. The minimum Gasteiger partial charge on any atom is -0.411 e. The molecule has 1 aliphatic rings. The van der Waals surface area contributed by atoms with Gasteiger partial charge < -0.3 is 4.18 Å². The molecule has 1 aromatic rings. The maximum Gasteiger partial charge on any atom is 0.176 e. The van der Waals surface area contributed by atoms with Crippen molar-refractivity contribution in [2.75, 3.05) is 0 Å². The minimum atomic E-state index is 1.02. The van der Waals surface area contributed by atoms with Crippen LogP contribution in [0.1, 0.15) is 5.56 Å². The normalized spacial score (nSPS) is 15.1. The highest BCUT2D eigenvalue weighted by Gasteiger charge is 2.06. The van der Waals surface area contributed by atoms with Crippen LogP contribution in [-0.4, -0.2) is 0 Å². The summed E-state index contributed by atoms with van der Waals surface area (Å²) in [4.78, 5) is 0. The molecule has 0 amide bonds. The first-order chi connectivity index (χ1) is 5.47. The van der Waals surface area contributed by atoms with Crippen molar-refractivity contribution in [3.05, 3.63) is 42.2 Å². The number of nitrogens with one attached hydrogen (secondary N) is 1. The third kappa shape index (κ3) is 1.33. The summed E-state index contributed by atoms with van der Waals surface area (Å²) in [5.74, 6) is 0. The van der Waals surface area contributed by atoms with Gasteiger partial charge in [-0.25, -0.2) is 0 Å². The zero-order valence-corrected chi connectivity index (χ0v) is 6.60. The Kier molecular flexibility index (Phi) is 1.73. The Morgan fingerprint density at radius 1 is 1.18 bits per heavy atom. The van der Waals surface area contributed by atoms with Gasteiger partial charge in [0.15, 0.2) is 12.2 Å². The topological polar surface area (TPSA) is 21.3 Å². The Hall–Kier alpha value is -1.09. The van der Waals surface area contributed by atoms with Crippen molar-refractivity contribution in [1.29, 1.82) is 0 Å². The molecule has 56 valence electrons. The first-order valence-electron chi connectivity index (χ1n) is 3.31. The third-order valence-electron chi connectivity index (χ3n) is 1.45. The van der Waals surface area contributed by atoms with Crippen molar-refractivity contribution in [2.24, 2.45) is 0 Å². The molecule has 0 spiro atoms. The van der Waals surface area contributed by atoms with Gasteiger partial charge in [-0.05, 0) is 0 Å². The predicted molar refractivity (Wildman–Crippen MR) is 46.2 cm³/mol. The summed E-state index contributed by atoms with van der Waals surface area (Å²) in [6.45, 7) is 0. The molecule has 0 fully saturated rings. The fourth-order valence-electron chi connectivity index (χ4n) is 0.910. The van der Waals surface area contributed by atoms with E-state index in [2.05, 4.69) is 4.72 Å². The third-order valence-corrected chi connectivity index (χ3v) is 1.95. The fraction of sp³-hybridized carbons (Fsp3) is 0. The maximum absolute atomic E-state index is 4.96. The van der Waals surface area contributed by atoms with Crippen LogP contribution in [0.15, 0.2) is 36.6 Å². The largest absolute Gasteiger partial charge is 0.411 e. The summed E-state index contributed by atoms with van der Waals surface area (Å²) in [6, 6.07) is 10.1. The van der Waals surface area contributed by atoms with E-state index in [4.69, 9.17) is 4.18 Å². The van der Waals surface area contributed by atoms with Crippen molar-refractivity contribution in [3.8, 4) is 0 Å². The van der Waals surface area contributed by atoms with Crippen LogP contribution < -0.4 is 4.72 Å². The Morgan fingerprint density at radius 3 is 2.64 bits per heavy atom. The molecule has 0 radical (unpaired) electrons. The van der Waals surface area contributed by atoms with Crippen LogP contribution in [0.2, 0.25) is 0 Å². The van der Waals surface area contributed by atoms with E-state index in [-0.39, 0.29) is 0 Å². The van der Waals surface area contributed by atoms with E-state index >= 15 is 0 Å². The molecule has 0 aliphatic carbocycles. The van der Waals surface area contributed by atoms with Crippen LogP contribution in [0, 0.1) is 0 Å². The molecular formula is C8H7NOS. The summed E-state index contributed by atoms with van der Waals surface area (Å²) in [7, 11) is 0. The zero-order valence-electron chi connectivity index (χ0n) is 5.78. The second-order valence-corrected chi connectivity index (χ2v) is 2.74. The lowest BCUT2D eigenvalue weighted by molar-refractivity contribution is 0.579. The van der Waals surface area contributed by atoms with Crippen molar-refractivity contribution in [3.63, 3.8) is 0 Å². The van der Waals surface area contributed by atoms with Gasteiger partial charge in [0.05, 0.1) is 5.70 Å². The van der Waals surface area contributed by atoms with Crippen LogP contribution in [-0.2, 0) is 4.18 Å². The van der Waals surface area contributed by atoms with Crippen LogP contribution in [0.3, 0.4) is 0 Å². The van der Waals surface area contributed by atoms with Gasteiger partial charge in [-0.15, -0.1) is 0 Å². The van der Waals surface area contributed by atoms with E-state index in [0.717, 1.165) is 11.3 Å². The van der Waals surface area contributed by atoms with E-state index < -0.39 is 0 Å². The highest BCUT2D eigenvalue weighted by atomic mass is 32.2. The predicted octanol–water partition coefficient (Wildman–Crippen LogP) is 2.17. The summed E-state index contributed by atoms with van der Waals surface area (Å²) in [5, 5.41) is 0. The van der Waals surface area contributed by atoms with Crippen LogP contribution in [0.4, 0.5) is 0 Å². The number of hydrogen-bond acceptors (Lipinski definition) is 3. The maximum atomic E-state index is 4.96. The molecule has 2 rings (SSSR count). The van der Waals surface area contributed by atoms with Gasteiger partial charge >= 0.3 is 0 Å². The average molecular weight is 165 g/mol. The standard InChI is InChI=1S/C8H7NOS/c1-2-4-7(5-3-1)8-6-10-11-9-8/h1-6,9H.